The highest BCUT2D eigenvalue weighted by Crippen LogP contribution is 2.28. The number of hydrogen-bond donors (Lipinski definition) is 1. The maximum absolute atomic E-state index is 9.80. The van der Waals surface area contributed by atoms with Gasteiger partial charge in [0.05, 0.1) is 12.2 Å². The molecule has 82 valence electrons. The van der Waals surface area contributed by atoms with Crippen molar-refractivity contribution in [1.82, 2.24) is 0 Å². The topological polar surface area (TPSA) is 29.5 Å². The Morgan fingerprint density at radius 2 is 2.43 bits per heavy atom. The molecule has 2 nitrogen and oxygen atoms in total. The first-order chi connectivity index (χ1) is 6.49. The number of thioether (sulfide) groups is 1. The lowest BCUT2D eigenvalue weighted by Gasteiger charge is -2.20. The van der Waals surface area contributed by atoms with Crippen LogP contribution >= 0.6 is 11.8 Å². The number of hydrogen-bond acceptors (Lipinski definition) is 3. The van der Waals surface area contributed by atoms with Crippen LogP contribution in [0.15, 0.2) is 12.2 Å². The molecule has 2 atom stereocenters. The summed E-state index contributed by atoms with van der Waals surface area (Å²) in [5, 5.41) is 9.80. The molecule has 1 heterocycles. The molecular weight excluding hydrogens is 196 g/mol. The minimum Gasteiger partial charge on any atom is -0.388 e. The van der Waals surface area contributed by atoms with Crippen molar-refractivity contribution in [1.29, 1.82) is 0 Å². The van der Waals surface area contributed by atoms with Gasteiger partial charge < -0.3 is 9.84 Å². The van der Waals surface area contributed by atoms with E-state index in [1.165, 1.54) is 5.57 Å². The predicted molar refractivity (Wildman–Crippen MR) is 61.5 cm³/mol. The molecule has 0 aromatic carbocycles. The van der Waals surface area contributed by atoms with Gasteiger partial charge in [-0.15, -0.1) is 11.8 Å². The highest BCUT2D eigenvalue weighted by Gasteiger charge is 2.26. The molecule has 14 heavy (non-hydrogen) atoms. The zero-order chi connectivity index (χ0) is 10.6. The van der Waals surface area contributed by atoms with E-state index in [1.807, 2.05) is 13.8 Å². The van der Waals surface area contributed by atoms with Crippen molar-refractivity contribution in [2.45, 2.75) is 44.1 Å². The van der Waals surface area contributed by atoms with E-state index in [0.717, 1.165) is 25.0 Å². The second kappa shape index (κ2) is 5.19. The lowest BCUT2D eigenvalue weighted by Crippen LogP contribution is -2.29. The van der Waals surface area contributed by atoms with Crippen molar-refractivity contribution in [2.75, 3.05) is 12.4 Å². The summed E-state index contributed by atoms with van der Waals surface area (Å²) in [4.78, 5) is 0. The molecule has 1 fully saturated rings. The van der Waals surface area contributed by atoms with Crippen LogP contribution in [0.4, 0.5) is 0 Å². The largest absolute Gasteiger partial charge is 0.388 e. The van der Waals surface area contributed by atoms with Gasteiger partial charge in [0.25, 0.3) is 0 Å². The van der Waals surface area contributed by atoms with Gasteiger partial charge in [0.1, 0.15) is 5.44 Å². The highest BCUT2D eigenvalue weighted by atomic mass is 32.2. The molecule has 0 amide bonds. The molecule has 1 aliphatic heterocycles. The van der Waals surface area contributed by atoms with Crippen LogP contribution in [0.5, 0.6) is 0 Å². The summed E-state index contributed by atoms with van der Waals surface area (Å²) in [7, 11) is 0. The van der Waals surface area contributed by atoms with E-state index < -0.39 is 5.60 Å². The number of aliphatic hydroxyl groups is 1. The summed E-state index contributed by atoms with van der Waals surface area (Å²) in [5.41, 5.74) is 0.786. The molecule has 1 N–H and O–H groups in total. The van der Waals surface area contributed by atoms with E-state index in [-0.39, 0.29) is 5.44 Å². The molecule has 0 aromatic heterocycles. The average Bonchev–Trinajstić information content (AvgIpc) is 2.23. The Kier molecular flexibility index (Phi) is 4.48. The summed E-state index contributed by atoms with van der Waals surface area (Å²) >= 11 is 1.79. The molecule has 0 aromatic rings. The Morgan fingerprint density at radius 1 is 1.71 bits per heavy atom. The Morgan fingerprint density at radius 3 is 3.07 bits per heavy atom. The van der Waals surface area contributed by atoms with Crippen LogP contribution in [-0.2, 0) is 4.74 Å². The first-order valence-corrected chi connectivity index (χ1v) is 6.14. The third-order valence-electron chi connectivity index (χ3n) is 2.25. The van der Waals surface area contributed by atoms with Crippen molar-refractivity contribution in [3.8, 4) is 0 Å². The maximum Gasteiger partial charge on any atom is 0.103 e. The van der Waals surface area contributed by atoms with Crippen LogP contribution in [0, 0.1) is 0 Å². The second-order valence-corrected chi connectivity index (χ2v) is 5.55. The van der Waals surface area contributed by atoms with Gasteiger partial charge in [0, 0.05) is 5.75 Å². The van der Waals surface area contributed by atoms with Crippen LogP contribution in [0.3, 0.4) is 0 Å². The number of rotatable bonds is 3. The highest BCUT2D eigenvalue weighted by molar-refractivity contribution is 7.99. The predicted octanol–water partition coefficient (Wildman–Crippen LogP) is 2.57. The van der Waals surface area contributed by atoms with E-state index in [1.54, 1.807) is 11.8 Å². The van der Waals surface area contributed by atoms with Gasteiger partial charge in [-0.05, 0) is 33.1 Å². The van der Waals surface area contributed by atoms with Gasteiger partial charge in [-0.25, -0.2) is 0 Å². The van der Waals surface area contributed by atoms with Crippen LogP contribution < -0.4 is 0 Å². The Balaban J connectivity index is 2.31. The Hall–Kier alpha value is 0.01000. The van der Waals surface area contributed by atoms with Crippen LogP contribution in [0.25, 0.3) is 0 Å². The quantitative estimate of drug-likeness (QED) is 0.735. The van der Waals surface area contributed by atoms with Crippen molar-refractivity contribution < 1.29 is 9.84 Å². The molecular formula is C11H20O2S. The maximum atomic E-state index is 9.80. The van der Waals surface area contributed by atoms with Crippen LogP contribution in [-0.4, -0.2) is 28.5 Å². The molecule has 1 saturated heterocycles. The molecule has 2 unspecified atom stereocenters. The molecule has 0 aliphatic carbocycles. The van der Waals surface area contributed by atoms with Gasteiger partial charge in [-0.3, -0.25) is 0 Å². The van der Waals surface area contributed by atoms with Crippen LogP contribution in [0.2, 0.25) is 0 Å². The first kappa shape index (κ1) is 12.1. The monoisotopic (exact) mass is 216 g/mol. The Bertz CT molecular complexity index is 201. The third-order valence-corrected chi connectivity index (χ3v) is 3.65. The third kappa shape index (κ3) is 4.49. The zero-order valence-corrected chi connectivity index (χ0v) is 9.90. The van der Waals surface area contributed by atoms with Gasteiger partial charge in [-0.1, -0.05) is 12.2 Å². The smallest absolute Gasteiger partial charge is 0.103 e. The standard InChI is InChI=1S/C11H20O2S/c1-9(2)7-14-10-5-4-6-11(3,12)8-13-10/h10,12H,1,4-8H2,2-3H3. The molecule has 1 aliphatic rings. The summed E-state index contributed by atoms with van der Waals surface area (Å²) < 4.78 is 5.64. The van der Waals surface area contributed by atoms with Crippen molar-refractivity contribution in [3.05, 3.63) is 12.2 Å². The van der Waals surface area contributed by atoms with Gasteiger partial charge in [0.2, 0.25) is 0 Å². The molecule has 3 heteroatoms. The average molecular weight is 216 g/mol. The van der Waals surface area contributed by atoms with Crippen molar-refractivity contribution >= 4 is 11.8 Å². The van der Waals surface area contributed by atoms with E-state index >= 15 is 0 Å². The van der Waals surface area contributed by atoms with Gasteiger partial charge in [0.15, 0.2) is 0 Å². The molecule has 0 bridgehead atoms. The van der Waals surface area contributed by atoms with Crippen molar-refractivity contribution in [2.24, 2.45) is 0 Å². The van der Waals surface area contributed by atoms with Crippen LogP contribution in [0.1, 0.15) is 33.1 Å². The molecule has 1 rings (SSSR count). The summed E-state index contributed by atoms with van der Waals surface area (Å²) in [6.07, 6.45) is 2.92. The second-order valence-electron chi connectivity index (χ2n) is 4.40. The SMILES string of the molecule is C=C(C)CSC1CCCC(C)(O)CO1. The normalized spacial score (nSPS) is 33.8. The fourth-order valence-electron chi connectivity index (χ4n) is 1.44. The van der Waals surface area contributed by atoms with Gasteiger partial charge in [-0.2, -0.15) is 0 Å². The molecule has 0 radical (unpaired) electrons. The lowest BCUT2D eigenvalue weighted by molar-refractivity contribution is -0.0296. The number of ether oxygens (including phenoxy) is 1. The minimum absolute atomic E-state index is 0.237. The lowest BCUT2D eigenvalue weighted by atomic mass is 10.0. The van der Waals surface area contributed by atoms with E-state index in [9.17, 15) is 5.11 Å². The summed E-state index contributed by atoms with van der Waals surface area (Å²) in [6, 6.07) is 0. The minimum atomic E-state index is -0.626. The van der Waals surface area contributed by atoms with E-state index in [2.05, 4.69) is 6.58 Å². The molecule has 0 spiro atoms. The molecule has 0 saturated carbocycles. The summed E-state index contributed by atoms with van der Waals surface area (Å²) in [5.74, 6) is 0.951. The zero-order valence-electron chi connectivity index (χ0n) is 9.08. The van der Waals surface area contributed by atoms with Crippen molar-refractivity contribution in [3.63, 3.8) is 0 Å². The fraction of sp³-hybridized carbons (Fsp3) is 0.818. The Labute approximate surface area is 90.7 Å². The van der Waals surface area contributed by atoms with E-state index in [4.69, 9.17) is 4.74 Å². The fourth-order valence-corrected chi connectivity index (χ4v) is 2.41. The van der Waals surface area contributed by atoms with Gasteiger partial charge >= 0.3 is 0 Å². The van der Waals surface area contributed by atoms with E-state index in [0.29, 0.717) is 6.61 Å². The first-order valence-electron chi connectivity index (χ1n) is 5.09. The summed E-state index contributed by atoms with van der Waals surface area (Å²) in [6.45, 7) is 8.20.